The second-order valence-electron chi connectivity index (χ2n) is 2.92. The quantitative estimate of drug-likeness (QED) is 0.355. The van der Waals surface area contributed by atoms with Gasteiger partial charge in [-0.25, -0.2) is 0 Å². The van der Waals surface area contributed by atoms with Crippen LogP contribution in [0.1, 0.15) is 0 Å². The molecule has 1 aromatic carbocycles. The Balaban J connectivity index is 0.00000324. The van der Waals surface area contributed by atoms with E-state index in [4.69, 9.17) is 23.2 Å². The molecule has 0 fully saturated rings. The Morgan fingerprint density at radius 2 is 1.58 bits per heavy atom. The molecule has 1 rings (SSSR count). The molecule has 0 aliphatic heterocycles. The van der Waals surface area contributed by atoms with Crippen LogP contribution in [0, 0.1) is 0 Å². The Labute approximate surface area is 134 Å². The number of benzene rings is 1. The van der Waals surface area contributed by atoms with Gasteiger partial charge in [0.1, 0.15) is 0 Å². The minimum absolute atomic E-state index is 0. The van der Waals surface area contributed by atoms with E-state index in [0.29, 0.717) is 0 Å². The van der Waals surface area contributed by atoms with Gasteiger partial charge in [0.25, 0.3) is 0 Å². The Bertz CT molecular complexity index is 470. The van der Waals surface area contributed by atoms with Crippen molar-refractivity contribution in [2.45, 2.75) is 15.4 Å². The molecular formula is C8H3Cl2F4LiO2S2. The van der Waals surface area contributed by atoms with Crippen LogP contribution in [0.15, 0.2) is 23.1 Å². The molecule has 0 aliphatic carbocycles. The van der Waals surface area contributed by atoms with Crippen LogP contribution in [-0.4, -0.2) is 19.3 Å². The van der Waals surface area contributed by atoms with E-state index in [9.17, 15) is 26.3 Å². The Kier molecular flexibility index (Phi) is 7.24. The van der Waals surface area contributed by atoms with E-state index in [0.717, 1.165) is 12.1 Å². The molecule has 0 amide bonds. The van der Waals surface area contributed by atoms with Gasteiger partial charge in [-0.1, -0.05) is 29.3 Å². The Hall–Kier alpha value is 0.577. The third-order valence-corrected chi connectivity index (χ3v) is 4.51. The molecule has 0 N–H and O–H groups in total. The number of alkyl halides is 4. The number of hydrogen-bond donors (Lipinski definition) is 0. The second kappa shape index (κ2) is 7.03. The number of thioether (sulfide) groups is 1. The van der Waals surface area contributed by atoms with Crippen LogP contribution in [0.2, 0.25) is 10.0 Å². The van der Waals surface area contributed by atoms with Crippen LogP contribution in [-0.2, 0) is 11.1 Å². The first-order chi connectivity index (χ1) is 8.09. The van der Waals surface area contributed by atoms with E-state index in [-0.39, 0.29) is 28.9 Å². The molecule has 0 saturated heterocycles. The van der Waals surface area contributed by atoms with E-state index in [1.54, 1.807) is 0 Å². The van der Waals surface area contributed by atoms with Crippen molar-refractivity contribution in [2.24, 2.45) is 0 Å². The van der Waals surface area contributed by atoms with Crippen molar-refractivity contribution >= 4 is 46.0 Å². The fourth-order valence-electron chi connectivity index (χ4n) is 0.865. The summed E-state index contributed by atoms with van der Waals surface area (Å²) in [5.41, 5.74) is 0. The smallest absolute Gasteiger partial charge is 0.768 e. The van der Waals surface area contributed by atoms with Gasteiger partial charge in [0.2, 0.25) is 0 Å². The minimum Gasteiger partial charge on any atom is -0.768 e. The van der Waals surface area contributed by atoms with Crippen molar-refractivity contribution in [1.29, 1.82) is 0 Å². The van der Waals surface area contributed by atoms with Crippen LogP contribution in [0.5, 0.6) is 0 Å². The molecular weight excluding hydrogens is 346 g/mol. The van der Waals surface area contributed by atoms with Crippen molar-refractivity contribution < 1.29 is 45.2 Å². The second-order valence-corrected chi connectivity index (χ2v) is 5.84. The average Bonchev–Trinajstić information content (AvgIpc) is 2.23. The van der Waals surface area contributed by atoms with Crippen LogP contribution in [0.25, 0.3) is 0 Å². The van der Waals surface area contributed by atoms with Crippen molar-refractivity contribution in [1.82, 2.24) is 0 Å². The molecule has 0 bridgehead atoms. The Morgan fingerprint density at radius 1 is 1.16 bits per heavy atom. The van der Waals surface area contributed by atoms with E-state index < -0.39 is 38.2 Å². The van der Waals surface area contributed by atoms with Gasteiger partial charge in [-0.3, -0.25) is 4.21 Å². The van der Waals surface area contributed by atoms with Gasteiger partial charge in [-0.2, -0.15) is 17.6 Å². The summed E-state index contributed by atoms with van der Waals surface area (Å²) >= 11 is 6.08. The van der Waals surface area contributed by atoms with Gasteiger partial charge in [-0.15, -0.1) is 0 Å². The molecule has 102 valence electrons. The summed E-state index contributed by atoms with van der Waals surface area (Å²) in [5.74, 6) is 0. The molecule has 1 aromatic rings. The minimum atomic E-state index is -5.24. The molecule has 0 radical (unpaired) electrons. The van der Waals surface area contributed by atoms with Gasteiger partial charge in [0.15, 0.2) is 0 Å². The number of hydrogen-bond acceptors (Lipinski definition) is 3. The molecule has 1 atom stereocenters. The summed E-state index contributed by atoms with van der Waals surface area (Å²) in [4.78, 5) is -0.518. The van der Waals surface area contributed by atoms with E-state index in [1.807, 2.05) is 0 Å². The fourth-order valence-corrected chi connectivity index (χ4v) is 2.72. The molecule has 19 heavy (non-hydrogen) atoms. The first kappa shape index (κ1) is 19.6. The summed E-state index contributed by atoms with van der Waals surface area (Å²) in [6.07, 6.45) is 0. The maximum atomic E-state index is 13.2. The van der Waals surface area contributed by atoms with Gasteiger partial charge >= 0.3 is 29.4 Å². The zero-order chi connectivity index (χ0) is 14.1. The van der Waals surface area contributed by atoms with Crippen LogP contribution < -0.4 is 18.9 Å². The zero-order valence-corrected chi connectivity index (χ0v) is 12.3. The van der Waals surface area contributed by atoms with E-state index in [1.165, 1.54) is 6.07 Å². The normalized spacial score (nSPS) is 13.8. The SMILES string of the molecule is O=S([O-])C(F)(F)C(F)(F)Sc1c(Cl)cccc1Cl.[Li+]. The number of halogens is 6. The van der Waals surface area contributed by atoms with E-state index >= 15 is 0 Å². The molecule has 0 saturated carbocycles. The average molecular weight is 349 g/mol. The predicted molar refractivity (Wildman–Crippen MR) is 61.1 cm³/mol. The summed E-state index contributed by atoms with van der Waals surface area (Å²) < 4.78 is 72.2. The molecule has 11 heteroatoms. The van der Waals surface area contributed by atoms with Gasteiger partial charge < -0.3 is 4.55 Å². The number of rotatable bonds is 4. The van der Waals surface area contributed by atoms with Crippen molar-refractivity contribution in [3.8, 4) is 0 Å². The topological polar surface area (TPSA) is 40.1 Å². The summed E-state index contributed by atoms with van der Waals surface area (Å²) in [6.45, 7) is 0. The monoisotopic (exact) mass is 348 g/mol. The molecule has 0 heterocycles. The molecule has 0 aliphatic rings. The zero-order valence-electron chi connectivity index (χ0n) is 9.13. The van der Waals surface area contributed by atoms with Crippen molar-refractivity contribution in [2.75, 3.05) is 0 Å². The fraction of sp³-hybridized carbons (Fsp3) is 0.250. The molecule has 1 unspecified atom stereocenters. The van der Waals surface area contributed by atoms with Gasteiger partial charge in [-0.05, 0) is 23.9 Å². The third-order valence-electron chi connectivity index (χ3n) is 1.70. The molecule has 2 nitrogen and oxygen atoms in total. The summed E-state index contributed by atoms with van der Waals surface area (Å²) in [6, 6.07) is 3.66. The van der Waals surface area contributed by atoms with Crippen LogP contribution in [0.3, 0.4) is 0 Å². The first-order valence-electron chi connectivity index (χ1n) is 4.07. The standard InChI is InChI=1S/C8H4Cl2F4O2S2.Li/c9-4-2-1-3-5(10)6(4)17-7(11,12)8(13,14)18(15)16;/h1-3H,(H,15,16);/q;+1/p-1. The molecule has 0 aromatic heterocycles. The van der Waals surface area contributed by atoms with Crippen molar-refractivity contribution in [3.05, 3.63) is 28.2 Å². The van der Waals surface area contributed by atoms with Crippen LogP contribution >= 0.6 is 35.0 Å². The maximum Gasteiger partial charge on any atom is 1.00 e. The largest absolute Gasteiger partial charge is 1.00 e. The van der Waals surface area contributed by atoms with Crippen LogP contribution in [0.4, 0.5) is 17.6 Å². The van der Waals surface area contributed by atoms with Gasteiger partial charge in [0.05, 0.1) is 14.9 Å². The maximum absolute atomic E-state index is 13.2. The van der Waals surface area contributed by atoms with E-state index in [2.05, 4.69) is 0 Å². The Morgan fingerprint density at radius 3 is 1.95 bits per heavy atom. The summed E-state index contributed by atoms with van der Waals surface area (Å²) in [7, 11) is 0. The first-order valence-corrected chi connectivity index (χ1v) is 6.72. The third kappa shape index (κ3) is 4.27. The summed E-state index contributed by atoms with van der Waals surface area (Å²) in [5, 5.41) is -10.7. The van der Waals surface area contributed by atoms with Crippen molar-refractivity contribution in [3.63, 3.8) is 0 Å². The molecule has 0 spiro atoms. The van der Waals surface area contributed by atoms with Gasteiger partial charge in [0, 0.05) is 11.1 Å². The predicted octanol–water partition coefficient (Wildman–Crippen LogP) is 1.15.